The fourth-order valence-corrected chi connectivity index (χ4v) is 1.53. The summed E-state index contributed by atoms with van der Waals surface area (Å²) in [6, 6.07) is 6.34. The molecule has 0 spiro atoms. The summed E-state index contributed by atoms with van der Waals surface area (Å²) in [4.78, 5) is 0. The highest BCUT2D eigenvalue weighted by Crippen LogP contribution is 2.22. The zero-order chi connectivity index (χ0) is 7.68. The first-order chi connectivity index (χ1) is 5.36. The first-order valence-corrected chi connectivity index (χ1v) is 4.05. The third-order valence-corrected chi connectivity index (χ3v) is 2.11. The maximum Gasteiger partial charge on any atom is 0.0372 e. The van der Waals surface area contributed by atoms with Gasteiger partial charge >= 0.3 is 0 Å². The first-order valence-electron chi connectivity index (χ1n) is 4.05. The van der Waals surface area contributed by atoms with Gasteiger partial charge in [0.05, 0.1) is 0 Å². The molecule has 0 aliphatic carbocycles. The molecular weight excluding hydrogens is 134 g/mol. The molecule has 0 bridgehead atoms. The highest BCUT2D eigenvalue weighted by molar-refractivity contribution is 5.54. The van der Waals surface area contributed by atoms with Crippen LogP contribution in [0, 0.1) is 6.92 Å². The van der Waals surface area contributed by atoms with Crippen LogP contribution in [0.25, 0.3) is 0 Å². The summed E-state index contributed by atoms with van der Waals surface area (Å²) in [7, 11) is 0. The van der Waals surface area contributed by atoms with E-state index in [1.807, 2.05) is 0 Å². The van der Waals surface area contributed by atoms with Crippen molar-refractivity contribution in [3.63, 3.8) is 0 Å². The summed E-state index contributed by atoms with van der Waals surface area (Å²) in [5, 5.41) is 3.36. The molecule has 1 heteroatoms. The molecule has 1 aliphatic rings. The Morgan fingerprint density at radius 1 is 1.36 bits per heavy atom. The normalized spacial score (nSPS) is 15.4. The van der Waals surface area contributed by atoms with Crippen LogP contribution in [-0.4, -0.2) is 6.54 Å². The highest BCUT2D eigenvalue weighted by Gasteiger charge is 2.06. The predicted molar refractivity (Wildman–Crippen MR) is 47.7 cm³/mol. The van der Waals surface area contributed by atoms with E-state index in [1.165, 1.54) is 24.1 Å². The van der Waals surface area contributed by atoms with Crippen molar-refractivity contribution in [3.8, 4) is 0 Å². The van der Waals surface area contributed by atoms with Gasteiger partial charge in [0, 0.05) is 12.2 Å². The Morgan fingerprint density at radius 2 is 2.27 bits per heavy atom. The standard InChI is InChI=1S/C10H12N/c1-8-4-5-10-9(7-8)3-2-6-11-10/h4-5,7,11H,1-3,6H2. The Labute approximate surface area is 67.4 Å². The summed E-state index contributed by atoms with van der Waals surface area (Å²) >= 11 is 0. The molecule has 0 fully saturated rings. The van der Waals surface area contributed by atoms with E-state index in [2.05, 4.69) is 30.4 Å². The Bertz CT molecular complexity index is 266. The fourth-order valence-electron chi connectivity index (χ4n) is 1.53. The number of hydrogen-bond acceptors (Lipinski definition) is 1. The zero-order valence-corrected chi connectivity index (χ0v) is 6.56. The molecule has 1 aromatic carbocycles. The van der Waals surface area contributed by atoms with Gasteiger partial charge in [-0.1, -0.05) is 12.1 Å². The molecular formula is C10H12N. The summed E-state index contributed by atoms with van der Waals surface area (Å²) in [5.74, 6) is 0. The van der Waals surface area contributed by atoms with Crippen molar-refractivity contribution >= 4 is 5.69 Å². The molecule has 11 heavy (non-hydrogen) atoms. The molecule has 0 unspecified atom stereocenters. The third-order valence-electron chi connectivity index (χ3n) is 2.11. The van der Waals surface area contributed by atoms with Crippen LogP contribution in [0.15, 0.2) is 18.2 Å². The van der Waals surface area contributed by atoms with E-state index in [-0.39, 0.29) is 0 Å². The number of hydrogen-bond donors (Lipinski definition) is 1. The lowest BCUT2D eigenvalue weighted by Gasteiger charge is -2.17. The Balaban J connectivity index is 2.43. The third kappa shape index (κ3) is 1.23. The van der Waals surface area contributed by atoms with E-state index in [1.54, 1.807) is 0 Å². The van der Waals surface area contributed by atoms with Crippen molar-refractivity contribution < 1.29 is 0 Å². The summed E-state index contributed by atoms with van der Waals surface area (Å²) < 4.78 is 0. The van der Waals surface area contributed by atoms with Gasteiger partial charge in [-0.3, -0.25) is 0 Å². The SMILES string of the molecule is [CH2]c1ccc2c(c1)CCCN2. The van der Waals surface area contributed by atoms with Gasteiger partial charge in [0.15, 0.2) is 0 Å². The molecule has 0 atom stereocenters. The van der Waals surface area contributed by atoms with Crippen molar-refractivity contribution in [3.05, 3.63) is 36.2 Å². The van der Waals surface area contributed by atoms with Gasteiger partial charge in [0.25, 0.3) is 0 Å². The minimum atomic E-state index is 1.11. The quantitative estimate of drug-likeness (QED) is 0.591. The average molecular weight is 146 g/mol. The van der Waals surface area contributed by atoms with Gasteiger partial charge < -0.3 is 5.32 Å². The minimum absolute atomic E-state index is 1.11. The van der Waals surface area contributed by atoms with Crippen LogP contribution in [0.5, 0.6) is 0 Å². The smallest absolute Gasteiger partial charge is 0.0372 e. The molecule has 1 nitrogen and oxygen atoms in total. The van der Waals surface area contributed by atoms with Crippen molar-refractivity contribution in [1.29, 1.82) is 0 Å². The van der Waals surface area contributed by atoms with Crippen LogP contribution in [-0.2, 0) is 6.42 Å². The van der Waals surface area contributed by atoms with Crippen LogP contribution < -0.4 is 5.32 Å². The second-order valence-electron chi connectivity index (χ2n) is 3.02. The van der Waals surface area contributed by atoms with Gasteiger partial charge in [-0.2, -0.15) is 0 Å². The molecule has 1 N–H and O–H groups in total. The van der Waals surface area contributed by atoms with E-state index in [9.17, 15) is 0 Å². The number of anilines is 1. The molecule has 0 saturated heterocycles. The molecule has 2 rings (SSSR count). The summed E-state index contributed by atoms with van der Waals surface area (Å²) in [6.45, 7) is 5.02. The van der Waals surface area contributed by atoms with Crippen LogP contribution >= 0.6 is 0 Å². The second kappa shape index (κ2) is 2.57. The molecule has 1 radical (unpaired) electrons. The van der Waals surface area contributed by atoms with Crippen molar-refractivity contribution in [2.75, 3.05) is 11.9 Å². The number of fused-ring (bicyclic) bond motifs is 1. The summed E-state index contributed by atoms with van der Waals surface area (Å²) in [5.41, 5.74) is 3.83. The second-order valence-corrected chi connectivity index (χ2v) is 3.02. The Hall–Kier alpha value is -0.980. The van der Waals surface area contributed by atoms with E-state index in [4.69, 9.17) is 0 Å². The largest absolute Gasteiger partial charge is 0.385 e. The first kappa shape index (κ1) is 6.71. The van der Waals surface area contributed by atoms with E-state index < -0.39 is 0 Å². The van der Waals surface area contributed by atoms with Crippen LogP contribution in [0.2, 0.25) is 0 Å². The number of nitrogens with one attached hydrogen (secondary N) is 1. The van der Waals surface area contributed by atoms with Crippen molar-refractivity contribution in [1.82, 2.24) is 0 Å². The Morgan fingerprint density at radius 3 is 3.18 bits per heavy atom. The molecule has 1 heterocycles. The van der Waals surface area contributed by atoms with Crippen LogP contribution in [0.4, 0.5) is 5.69 Å². The average Bonchev–Trinajstić information content (AvgIpc) is 2.04. The van der Waals surface area contributed by atoms with E-state index >= 15 is 0 Å². The highest BCUT2D eigenvalue weighted by atomic mass is 14.9. The zero-order valence-electron chi connectivity index (χ0n) is 6.56. The number of benzene rings is 1. The number of aryl methyl sites for hydroxylation is 1. The molecule has 1 aromatic rings. The van der Waals surface area contributed by atoms with E-state index in [0.29, 0.717) is 0 Å². The fraction of sp³-hybridized carbons (Fsp3) is 0.300. The lowest BCUT2D eigenvalue weighted by Crippen LogP contribution is -2.11. The molecule has 1 aliphatic heterocycles. The number of rotatable bonds is 0. The van der Waals surface area contributed by atoms with Gasteiger partial charge in [0.2, 0.25) is 0 Å². The van der Waals surface area contributed by atoms with Crippen molar-refractivity contribution in [2.45, 2.75) is 12.8 Å². The minimum Gasteiger partial charge on any atom is -0.385 e. The van der Waals surface area contributed by atoms with E-state index in [0.717, 1.165) is 12.1 Å². The maximum atomic E-state index is 3.90. The van der Waals surface area contributed by atoms with Crippen LogP contribution in [0.1, 0.15) is 17.5 Å². The molecule has 0 amide bonds. The van der Waals surface area contributed by atoms with Gasteiger partial charge in [-0.05, 0) is 37.0 Å². The lowest BCUT2D eigenvalue weighted by molar-refractivity contribution is 0.830. The van der Waals surface area contributed by atoms with Crippen LogP contribution in [0.3, 0.4) is 0 Å². The van der Waals surface area contributed by atoms with Gasteiger partial charge in [-0.25, -0.2) is 0 Å². The monoisotopic (exact) mass is 146 g/mol. The topological polar surface area (TPSA) is 12.0 Å². The molecule has 57 valence electrons. The summed E-state index contributed by atoms with van der Waals surface area (Å²) in [6.07, 6.45) is 2.45. The van der Waals surface area contributed by atoms with Crippen molar-refractivity contribution in [2.24, 2.45) is 0 Å². The lowest BCUT2D eigenvalue weighted by atomic mass is 10.0. The van der Waals surface area contributed by atoms with Gasteiger partial charge in [0.1, 0.15) is 0 Å². The Kier molecular flexibility index (Phi) is 1.57. The maximum absolute atomic E-state index is 3.90. The van der Waals surface area contributed by atoms with Gasteiger partial charge in [-0.15, -0.1) is 0 Å². The molecule has 0 saturated carbocycles. The predicted octanol–water partition coefficient (Wildman–Crippen LogP) is 2.23. The molecule has 0 aromatic heterocycles.